The zero-order chi connectivity index (χ0) is 22.5. The topological polar surface area (TPSA) is 76.3 Å². The Labute approximate surface area is 187 Å². The van der Waals surface area contributed by atoms with Crippen molar-refractivity contribution in [2.45, 2.75) is 45.3 Å². The van der Waals surface area contributed by atoms with Crippen LogP contribution in [0, 0.1) is 0 Å². The van der Waals surface area contributed by atoms with Gasteiger partial charge in [0.1, 0.15) is 6.54 Å². The van der Waals surface area contributed by atoms with E-state index in [1.54, 1.807) is 6.07 Å². The molecule has 3 aromatic rings. The average Bonchev–Trinajstić information content (AvgIpc) is 2.81. The van der Waals surface area contributed by atoms with Crippen molar-refractivity contribution < 1.29 is 4.79 Å². The highest BCUT2D eigenvalue weighted by Gasteiger charge is 2.18. The molecule has 168 valence electrons. The van der Waals surface area contributed by atoms with Gasteiger partial charge in [0.05, 0.1) is 17.6 Å². The Balaban J connectivity index is 1.53. The SMILES string of the molecule is C[C@H]1CCCCN1CCNC(=O)Cn1c(=O)c(=O)n(Cc2ccccc2)c2ccccc21. The minimum absolute atomic E-state index is 0.170. The standard InChI is InChI=1S/C25H30N4O3/c1-19-9-7-8-15-27(19)16-14-26-23(30)18-29-22-13-6-5-12-21(22)28(24(31)25(29)32)17-20-10-3-2-4-11-20/h2-6,10-13,19H,7-9,14-18H2,1H3,(H,26,30)/t19-/m0/s1. The maximum absolute atomic E-state index is 12.9. The fraction of sp³-hybridized carbons (Fsp3) is 0.400. The van der Waals surface area contributed by atoms with E-state index in [9.17, 15) is 14.4 Å². The minimum Gasteiger partial charge on any atom is -0.353 e. The molecule has 0 saturated carbocycles. The molecule has 1 N–H and O–H groups in total. The molecular weight excluding hydrogens is 404 g/mol. The summed E-state index contributed by atoms with van der Waals surface area (Å²) in [6.45, 7) is 4.73. The molecule has 32 heavy (non-hydrogen) atoms. The van der Waals surface area contributed by atoms with Gasteiger partial charge in [0.25, 0.3) is 0 Å². The van der Waals surface area contributed by atoms with E-state index in [-0.39, 0.29) is 12.5 Å². The Morgan fingerprint density at radius 1 is 0.938 bits per heavy atom. The lowest BCUT2D eigenvalue weighted by Gasteiger charge is -2.33. The molecule has 0 aliphatic carbocycles. The van der Waals surface area contributed by atoms with Crippen LogP contribution in [-0.4, -0.2) is 45.6 Å². The summed E-state index contributed by atoms with van der Waals surface area (Å²) in [6, 6.07) is 17.3. The first-order valence-electron chi connectivity index (χ1n) is 11.3. The summed E-state index contributed by atoms with van der Waals surface area (Å²) in [7, 11) is 0. The maximum Gasteiger partial charge on any atom is 0.317 e. The third kappa shape index (κ3) is 4.83. The number of carbonyl (C=O) groups excluding carboxylic acids is 1. The van der Waals surface area contributed by atoms with Crippen molar-refractivity contribution in [1.29, 1.82) is 0 Å². The number of amides is 1. The second-order valence-electron chi connectivity index (χ2n) is 8.49. The number of nitrogens with one attached hydrogen (secondary N) is 1. The van der Waals surface area contributed by atoms with Crippen LogP contribution in [0.1, 0.15) is 31.7 Å². The fourth-order valence-corrected chi connectivity index (χ4v) is 4.48. The lowest BCUT2D eigenvalue weighted by atomic mass is 10.0. The Bertz CT molecular complexity index is 1200. The number of benzene rings is 2. The fourth-order valence-electron chi connectivity index (χ4n) is 4.48. The normalized spacial score (nSPS) is 16.8. The first-order chi connectivity index (χ1) is 15.5. The quantitative estimate of drug-likeness (QED) is 0.579. The van der Waals surface area contributed by atoms with Crippen molar-refractivity contribution >= 4 is 16.9 Å². The predicted octanol–water partition coefficient (Wildman–Crippen LogP) is 2.20. The lowest BCUT2D eigenvalue weighted by Crippen LogP contribution is -2.45. The van der Waals surface area contributed by atoms with Crippen LogP contribution in [0.4, 0.5) is 0 Å². The number of hydrogen-bond donors (Lipinski definition) is 1. The number of fused-ring (bicyclic) bond motifs is 1. The summed E-state index contributed by atoms with van der Waals surface area (Å²) in [5, 5.41) is 2.92. The molecule has 2 aromatic carbocycles. The Morgan fingerprint density at radius 3 is 2.31 bits per heavy atom. The third-order valence-electron chi connectivity index (χ3n) is 6.28. The van der Waals surface area contributed by atoms with Crippen molar-refractivity contribution in [3.8, 4) is 0 Å². The Hall–Kier alpha value is -3.19. The average molecular weight is 435 g/mol. The van der Waals surface area contributed by atoms with Crippen LogP contribution in [0.25, 0.3) is 11.0 Å². The largest absolute Gasteiger partial charge is 0.353 e. The van der Waals surface area contributed by atoms with Crippen LogP contribution < -0.4 is 16.4 Å². The van der Waals surface area contributed by atoms with Crippen LogP contribution in [0.2, 0.25) is 0 Å². The molecule has 7 nitrogen and oxygen atoms in total. The maximum atomic E-state index is 12.9. The lowest BCUT2D eigenvalue weighted by molar-refractivity contribution is -0.121. The van der Waals surface area contributed by atoms with Gasteiger partial charge >= 0.3 is 11.1 Å². The van der Waals surface area contributed by atoms with Gasteiger partial charge in [-0.25, -0.2) is 0 Å². The Kier molecular flexibility index (Phi) is 6.85. The molecule has 1 aliphatic heterocycles. The number of rotatable bonds is 7. The van der Waals surface area contributed by atoms with Gasteiger partial charge in [-0.3, -0.25) is 28.4 Å². The molecule has 0 spiro atoms. The van der Waals surface area contributed by atoms with Gasteiger partial charge < -0.3 is 5.32 Å². The first kappa shape index (κ1) is 22.0. The molecule has 2 heterocycles. The molecule has 7 heteroatoms. The van der Waals surface area contributed by atoms with Crippen molar-refractivity contribution in [3.05, 3.63) is 80.9 Å². The van der Waals surface area contributed by atoms with E-state index < -0.39 is 11.1 Å². The van der Waals surface area contributed by atoms with Crippen LogP contribution in [-0.2, 0) is 17.9 Å². The molecule has 1 aliphatic rings. The molecular formula is C25H30N4O3. The molecule has 1 fully saturated rings. The van der Waals surface area contributed by atoms with E-state index in [0.717, 1.165) is 18.7 Å². The number of piperidine rings is 1. The van der Waals surface area contributed by atoms with Crippen LogP contribution >= 0.6 is 0 Å². The van der Waals surface area contributed by atoms with E-state index in [0.29, 0.717) is 30.2 Å². The van der Waals surface area contributed by atoms with Crippen LogP contribution in [0.5, 0.6) is 0 Å². The molecule has 1 aromatic heterocycles. The van der Waals surface area contributed by atoms with Gasteiger partial charge in [0.2, 0.25) is 5.91 Å². The molecule has 1 saturated heterocycles. The van der Waals surface area contributed by atoms with Crippen molar-refractivity contribution in [1.82, 2.24) is 19.4 Å². The smallest absolute Gasteiger partial charge is 0.317 e. The third-order valence-corrected chi connectivity index (χ3v) is 6.28. The number of carbonyl (C=O) groups is 1. The zero-order valence-electron chi connectivity index (χ0n) is 18.5. The van der Waals surface area contributed by atoms with Crippen molar-refractivity contribution in [2.75, 3.05) is 19.6 Å². The molecule has 1 atom stereocenters. The van der Waals surface area contributed by atoms with Crippen LogP contribution in [0.3, 0.4) is 0 Å². The second kappa shape index (κ2) is 9.96. The molecule has 4 rings (SSSR count). The Morgan fingerprint density at radius 2 is 1.59 bits per heavy atom. The highest BCUT2D eigenvalue weighted by atomic mass is 16.2. The monoisotopic (exact) mass is 434 g/mol. The first-order valence-corrected chi connectivity index (χ1v) is 11.3. The van der Waals surface area contributed by atoms with E-state index in [1.807, 2.05) is 48.5 Å². The minimum atomic E-state index is -0.681. The number of para-hydroxylation sites is 2. The number of likely N-dealkylation sites (tertiary alicyclic amines) is 1. The molecule has 0 radical (unpaired) electrons. The van der Waals surface area contributed by atoms with E-state index in [2.05, 4.69) is 17.1 Å². The molecule has 0 unspecified atom stereocenters. The highest BCUT2D eigenvalue weighted by Crippen LogP contribution is 2.15. The van der Waals surface area contributed by atoms with Crippen molar-refractivity contribution in [2.24, 2.45) is 0 Å². The number of aromatic nitrogens is 2. The summed E-state index contributed by atoms with van der Waals surface area (Å²) in [4.78, 5) is 40.9. The molecule has 0 bridgehead atoms. The van der Waals surface area contributed by atoms with Gasteiger partial charge in [-0.15, -0.1) is 0 Å². The summed E-state index contributed by atoms with van der Waals surface area (Å²) in [5.74, 6) is -0.262. The van der Waals surface area contributed by atoms with E-state index in [1.165, 1.54) is 28.4 Å². The summed E-state index contributed by atoms with van der Waals surface area (Å²) < 4.78 is 2.77. The van der Waals surface area contributed by atoms with Gasteiger partial charge in [0, 0.05) is 19.1 Å². The van der Waals surface area contributed by atoms with Gasteiger partial charge in [-0.1, -0.05) is 48.9 Å². The summed E-state index contributed by atoms with van der Waals surface area (Å²) >= 11 is 0. The van der Waals surface area contributed by atoms with Crippen LogP contribution in [0.15, 0.2) is 64.2 Å². The van der Waals surface area contributed by atoms with E-state index >= 15 is 0 Å². The molecule has 1 amide bonds. The highest BCUT2D eigenvalue weighted by molar-refractivity contribution is 5.80. The van der Waals surface area contributed by atoms with Gasteiger partial charge in [-0.2, -0.15) is 0 Å². The number of hydrogen-bond acceptors (Lipinski definition) is 4. The predicted molar refractivity (Wildman–Crippen MR) is 126 cm³/mol. The second-order valence-corrected chi connectivity index (χ2v) is 8.49. The summed E-state index contributed by atoms with van der Waals surface area (Å²) in [6.07, 6.45) is 3.64. The van der Waals surface area contributed by atoms with Crippen molar-refractivity contribution in [3.63, 3.8) is 0 Å². The van der Waals surface area contributed by atoms with Gasteiger partial charge in [0.15, 0.2) is 0 Å². The zero-order valence-corrected chi connectivity index (χ0v) is 18.5. The summed E-state index contributed by atoms with van der Waals surface area (Å²) in [5.41, 5.74) is 0.840. The van der Waals surface area contributed by atoms with E-state index in [4.69, 9.17) is 0 Å². The number of nitrogens with zero attached hydrogens (tertiary/aromatic N) is 3. The van der Waals surface area contributed by atoms with Gasteiger partial charge in [-0.05, 0) is 44.0 Å².